The molecule has 19 heavy (non-hydrogen) atoms. The van der Waals surface area contributed by atoms with E-state index in [0.29, 0.717) is 3.57 Å². The van der Waals surface area contributed by atoms with E-state index in [1.165, 1.54) is 26.4 Å². The van der Waals surface area contributed by atoms with Gasteiger partial charge in [-0.15, -0.1) is 0 Å². The number of nitriles is 1. The van der Waals surface area contributed by atoms with Gasteiger partial charge in [0.15, 0.2) is 6.29 Å². The highest BCUT2D eigenvalue weighted by Crippen LogP contribution is 2.33. The Morgan fingerprint density at radius 3 is 2.58 bits per heavy atom. The topological polar surface area (TPSA) is 94.6 Å². The first-order chi connectivity index (χ1) is 9.03. The van der Waals surface area contributed by atoms with Crippen molar-refractivity contribution in [3.8, 4) is 11.8 Å². The summed E-state index contributed by atoms with van der Waals surface area (Å²) >= 11 is 1.88. The minimum absolute atomic E-state index is 0.00966. The Bertz CT molecular complexity index is 511. The van der Waals surface area contributed by atoms with Gasteiger partial charge in [0.25, 0.3) is 0 Å². The third kappa shape index (κ3) is 4.02. The summed E-state index contributed by atoms with van der Waals surface area (Å²) in [6, 6.07) is 4.55. The molecule has 0 bridgehead atoms. The Morgan fingerprint density at radius 1 is 1.47 bits per heavy atom. The van der Waals surface area contributed by atoms with Crippen molar-refractivity contribution < 1.29 is 19.1 Å². The predicted molar refractivity (Wildman–Crippen MR) is 73.8 cm³/mol. The molecule has 0 aromatic heterocycles. The normalized spacial score (nSPS) is 10.3. The van der Waals surface area contributed by atoms with Crippen LogP contribution >= 0.6 is 22.6 Å². The quantitative estimate of drug-likeness (QED) is 0.326. The van der Waals surface area contributed by atoms with Crippen LogP contribution in [0.15, 0.2) is 12.1 Å². The molecule has 0 aliphatic heterocycles. The lowest BCUT2D eigenvalue weighted by molar-refractivity contribution is -0.386. The fraction of sp³-hybridized carbons (Fsp3) is 0.364. The first-order valence-corrected chi connectivity index (χ1v) is 6.17. The third-order valence-corrected chi connectivity index (χ3v) is 3.04. The van der Waals surface area contributed by atoms with Crippen molar-refractivity contribution in [1.29, 1.82) is 5.26 Å². The number of ether oxygens (including phenoxy) is 3. The maximum absolute atomic E-state index is 11.0. The van der Waals surface area contributed by atoms with Crippen LogP contribution < -0.4 is 4.74 Å². The van der Waals surface area contributed by atoms with E-state index in [9.17, 15) is 10.1 Å². The largest absolute Gasteiger partial charge is 0.481 e. The lowest BCUT2D eigenvalue weighted by Crippen LogP contribution is -2.22. The average molecular weight is 378 g/mol. The lowest BCUT2D eigenvalue weighted by atomic mass is 10.2. The van der Waals surface area contributed by atoms with Crippen molar-refractivity contribution in [3.05, 3.63) is 31.4 Å². The molecule has 1 rings (SSSR count). The Kier molecular flexibility index (Phi) is 5.94. The van der Waals surface area contributed by atoms with Gasteiger partial charge in [-0.25, -0.2) is 0 Å². The molecule has 0 aliphatic rings. The molecular weight excluding hydrogens is 367 g/mol. The Labute approximate surface area is 123 Å². The van der Waals surface area contributed by atoms with Gasteiger partial charge < -0.3 is 14.2 Å². The number of nitro benzene ring substituents is 1. The summed E-state index contributed by atoms with van der Waals surface area (Å²) in [5.41, 5.74) is -0.0483. The maximum atomic E-state index is 11.0. The van der Waals surface area contributed by atoms with Gasteiger partial charge in [0, 0.05) is 20.3 Å². The smallest absolute Gasteiger partial charge is 0.313 e. The molecular formula is C11H11IN2O5. The number of benzene rings is 1. The number of hydrogen-bond acceptors (Lipinski definition) is 6. The van der Waals surface area contributed by atoms with Gasteiger partial charge in [-0.2, -0.15) is 5.26 Å². The molecule has 0 saturated carbocycles. The monoisotopic (exact) mass is 378 g/mol. The fourth-order valence-electron chi connectivity index (χ4n) is 1.31. The second kappa shape index (κ2) is 7.22. The highest BCUT2D eigenvalue weighted by atomic mass is 127. The lowest BCUT2D eigenvalue weighted by Gasteiger charge is -2.15. The molecule has 0 amide bonds. The molecule has 0 N–H and O–H groups in total. The van der Waals surface area contributed by atoms with Crippen LogP contribution in [0.25, 0.3) is 0 Å². The number of rotatable bonds is 6. The zero-order valence-corrected chi connectivity index (χ0v) is 12.4. The van der Waals surface area contributed by atoms with Crippen molar-refractivity contribution in [2.24, 2.45) is 0 Å². The van der Waals surface area contributed by atoms with Crippen LogP contribution in [-0.4, -0.2) is 32.0 Å². The summed E-state index contributed by atoms with van der Waals surface area (Å²) in [6.07, 6.45) is -0.619. The minimum Gasteiger partial charge on any atom is -0.481 e. The summed E-state index contributed by atoms with van der Waals surface area (Å²) in [5.74, 6) is 0.101. The molecule has 0 aliphatic carbocycles. The first kappa shape index (κ1) is 15.6. The Balaban J connectivity index is 3.06. The van der Waals surface area contributed by atoms with Crippen LogP contribution in [0.1, 0.15) is 5.56 Å². The van der Waals surface area contributed by atoms with Crippen LogP contribution in [0.4, 0.5) is 5.69 Å². The van der Waals surface area contributed by atoms with E-state index < -0.39 is 11.2 Å². The molecule has 7 nitrogen and oxygen atoms in total. The summed E-state index contributed by atoms with van der Waals surface area (Å²) < 4.78 is 15.7. The highest BCUT2D eigenvalue weighted by Gasteiger charge is 2.21. The highest BCUT2D eigenvalue weighted by molar-refractivity contribution is 14.1. The zero-order chi connectivity index (χ0) is 14.4. The summed E-state index contributed by atoms with van der Waals surface area (Å²) in [4.78, 5) is 10.4. The van der Waals surface area contributed by atoms with Gasteiger partial charge in [0.05, 0.1) is 20.1 Å². The molecule has 0 saturated heterocycles. The van der Waals surface area contributed by atoms with E-state index in [0.717, 1.165) is 0 Å². The van der Waals surface area contributed by atoms with E-state index in [1.54, 1.807) is 0 Å². The number of nitrogens with zero attached hydrogens (tertiary/aromatic N) is 2. The number of methoxy groups -OCH3 is 2. The van der Waals surface area contributed by atoms with Crippen LogP contribution in [0, 0.1) is 25.0 Å². The van der Waals surface area contributed by atoms with Crippen LogP contribution in [0.3, 0.4) is 0 Å². The van der Waals surface area contributed by atoms with Crippen LogP contribution in [0.2, 0.25) is 0 Å². The van der Waals surface area contributed by atoms with Gasteiger partial charge in [0.2, 0.25) is 5.75 Å². The second-order valence-electron chi connectivity index (χ2n) is 3.39. The first-order valence-electron chi connectivity index (χ1n) is 5.09. The Morgan fingerprint density at radius 2 is 2.11 bits per heavy atom. The van der Waals surface area contributed by atoms with Gasteiger partial charge in [-0.3, -0.25) is 10.1 Å². The van der Waals surface area contributed by atoms with Crippen molar-refractivity contribution in [3.63, 3.8) is 0 Å². The third-order valence-electron chi connectivity index (χ3n) is 2.24. The summed E-state index contributed by atoms with van der Waals surface area (Å²) in [7, 11) is 2.88. The molecule has 1 aromatic carbocycles. The number of halogens is 1. The van der Waals surface area contributed by atoms with Crippen molar-refractivity contribution in [2.45, 2.75) is 6.29 Å². The van der Waals surface area contributed by atoms with E-state index in [1.807, 2.05) is 28.7 Å². The molecule has 0 spiro atoms. The Hall–Kier alpha value is -1.44. The van der Waals surface area contributed by atoms with Crippen molar-refractivity contribution in [1.82, 2.24) is 0 Å². The van der Waals surface area contributed by atoms with Crippen LogP contribution in [0.5, 0.6) is 5.75 Å². The zero-order valence-electron chi connectivity index (χ0n) is 10.3. The van der Waals surface area contributed by atoms with Crippen molar-refractivity contribution >= 4 is 28.3 Å². The molecule has 0 unspecified atom stereocenters. The standard InChI is InChI=1S/C11H11IN2O5/c1-17-10(18-2)6-19-11-8(12)3-7(5-13)4-9(11)14(15)16/h3-4,10H,6H2,1-2H3. The van der Waals surface area contributed by atoms with Gasteiger partial charge in [0.1, 0.15) is 6.61 Å². The molecule has 0 heterocycles. The number of nitro groups is 1. The molecule has 0 fully saturated rings. The second-order valence-corrected chi connectivity index (χ2v) is 4.55. The van der Waals surface area contributed by atoms with Gasteiger partial charge in [-0.05, 0) is 28.7 Å². The van der Waals surface area contributed by atoms with E-state index in [-0.39, 0.29) is 23.6 Å². The molecule has 1 aromatic rings. The van der Waals surface area contributed by atoms with Gasteiger partial charge in [-0.1, -0.05) is 0 Å². The maximum Gasteiger partial charge on any atom is 0.313 e. The minimum atomic E-state index is -0.619. The van der Waals surface area contributed by atoms with E-state index in [2.05, 4.69) is 0 Å². The van der Waals surface area contributed by atoms with E-state index in [4.69, 9.17) is 19.5 Å². The van der Waals surface area contributed by atoms with Crippen molar-refractivity contribution in [2.75, 3.05) is 20.8 Å². The summed E-state index contributed by atoms with van der Waals surface area (Å²) in [5, 5.41) is 19.8. The summed E-state index contributed by atoms with van der Waals surface area (Å²) in [6.45, 7) is 0.00966. The molecule has 8 heteroatoms. The molecule has 102 valence electrons. The number of hydrogen-bond donors (Lipinski definition) is 0. The van der Waals surface area contributed by atoms with Crippen LogP contribution in [-0.2, 0) is 9.47 Å². The molecule has 0 atom stereocenters. The SMILES string of the molecule is COC(COc1c(I)cc(C#N)cc1[N+](=O)[O-])OC. The molecule has 0 radical (unpaired) electrons. The fourth-order valence-corrected chi connectivity index (χ4v) is 2.07. The predicted octanol–water partition coefficient (Wildman–Crippen LogP) is 2.07. The average Bonchev–Trinajstić information content (AvgIpc) is 2.40. The van der Waals surface area contributed by atoms with Gasteiger partial charge >= 0.3 is 5.69 Å². The van der Waals surface area contributed by atoms with E-state index >= 15 is 0 Å².